The standard InChI is InChI=1S/C7H9N3O2/c11-7(12)10-4-3-9-2-1-8-6(9)5-10/h3-5,8H,1-2H2,(H,11,12). The van der Waals surface area contributed by atoms with Gasteiger partial charge in [-0.05, 0) is 0 Å². The third-order valence-electron chi connectivity index (χ3n) is 1.86. The fourth-order valence-corrected chi connectivity index (χ4v) is 1.25. The van der Waals surface area contributed by atoms with Crippen molar-refractivity contribution in [2.24, 2.45) is 0 Å². The number of carbonyl (C=O) groups is 1. The Hall–Kier alpha value is -1.65. The van der Waals surface area contributed by atoms with Crippen molar-refractivity contribution in [1.29, 1.82) is 0 Å². The first-order valence-electron chi connectivity index (χ1n) is 3.69. The van der Waals surface area contributed by atoms with Crippen molar-refractivity contribution in [3.05, 3.63) is 24.4 Å². The van der Waals surface area contributed by atoms with Crippen LogP contribution >= 0.6 is 0 Å². The van der Waals surface area contributed by atoms with Crippen molar-refractivity contribution >= 4 is 6.09 Å². The summed E-state index contributed by atoms with van der Waals surface area (Å²) < 4.78 is 0. The van der Waals surface area contributed by atoms with Crippen LogP contribution in [0, 0.1) is 0 Å². The minimum Gasteiger partial charge on any atom is -0.464 e. The van der Waals surface area contributed by atoms with Gasteiger partial charge in [-0.25, -0.2) is 4.79 Å². The largest absolute Gasteiger partial charge is 0.464 e. The summed E-state index contributed by atoms with van der Waals surface area (Å²) in [5.41, 5.74) is 0. The zero-order valence-corrected chi connectivity index (χ0v) is 6.40. The lowest BCUT2D eigenvalue weighted by atomic mass is 10.5. The third kappa shape index (κ3) is 0.990. The summed E-state index contributed by atoms with van der Waals surface area (Å²) >= 11 is 0. The quantitative estimate of drug-likeness (QED) is 0.539. The highest BCUT2D eigenvalue weighted by Gasteiger charge is 2.20. The van der Waals surface area contributed by atoms with Gasteiger partial charge in [-0.15, -0.1) is 0 Å². The van der Waals surface area contributed by atoms with Gasteiger partial charge in [0, 0.05) is 25.5 Å². The van der Waals surface area contributed by atoms with E-state index in [4.69, 9.17) is 5.11 Å². The van der Waals surface area contributed by atoms with Crippen LogP contribution in [0.3, 0.4) is 0 Å². The monoisotopic (exact) mass is 167 g/mol. The Balaban J connectivity index is 2.20. The molecular formula is C7H9N3O2. The molecule has 0 atom stereocenters. The van der Waals surface area contributed by atoms with E-state index in [1.54, 1.807) is 12.4 Å². The highest BCUT2D eigenvalue weighted by molar-refractivity contribution is 5.68. The maximum Gasteiger partial charge on any atom is 0.415 e. The third-order valence-corrected chi connectivity index (χ3v) is 1.86. The molecule has 2 aliphatic rings. The van der Waals surface area contributed by atoms with Crippen molar-refractivity contribution < 1.29 is 9.90 Å². The first-order chi connectivity index (χ1) is 5.77. The Morgan fingerprint density at radius 1 is 1.58 bits per heavy atom. The molecule has 0 saturated carbocycles. The summed E-state index contributed by atoms with van der Waals surface area (Å²) in [6, 6.07) is 0. The van der Waals surface area contributed by atoms with E-state index >= 15 is 0 Å². The highest BCUT2D eigenvalue weighted by Crippen LogP contribution is 2.14. The molecule has 2 N–H and O–H groups in total. The second kappa shape index (κ2) is 2.44. The molecule has 0 aromatic rings. The van der Waals surface area contributed by atoms with E-state index in [2.05, 4.69) is 5.32 Å². The summed E-state index contributed by atoms with van der Waals surface area (Å²) in [6.45, 7) is 1.76. The zero-order valence-electron chi connectivity index (χ0n) is 6.40. The van der Waals surface area contributed by atoms with Gasteiger partial charge >= 0.3 is 6.09 Å². The Morgan fingerprint density at radius 3 is 3.17 bits per heavy atom. The van der Waals surface area contributed by atoms with Crippen molar-refractivity contribution in [1.82, 2.24) is 15.1 Å². The molecule has 1 fully saturated rings. The van der Waals surface area contributed by atoms with Crippen LogP contribution < -0.4 is 5.32 Å². The minimum atomic E-state index is -0.966. The van der Waals surface area contributed by atoms with Gasteiger partial charge in [0.2, 0.25) is 0 Å². The smallest absolute Gasteiger partial charge is 0.415 e. The summed E-state index contributed by atoms with van der Waals surface area (Å²) in [5.74, 6) is 0.847. The number of nitrogens with zero attached hydrogens (tertiary/aromatic N) is 2. The molecule has 1 saturated heterocycles. The molecule has 0 bridgehead atoms. The van der Waals surface area contributed by atoms with Crippen LogP contribution in [0.2, 0.25) is 0 Å². The van der Waals surface area contributed by atoms with Gasteiger partial charge in [-0.2, -0.15) is 0 Å². The second-order valence-corrected chi connectivity index (χ2v) is 2.62. The summed E-state index contributed by atoms with van der Waals surface area (Å²) in [4.78, 5) is 13.6. The SMILES string of the molecule is O=C(O)N1C=CN2CCNC2=C1. The summed E-state index contributed by atoms with van der Waals surface area (Å²) in [5, 5.41) is 11.7. The lowest BCUT2D eigenvalue weighted by Crippen LogP contribution is -2.27. The number of fused-ring (bicyclic) bond motifs is 1. The molecule has 0 aliphatic carbocycles. The minimum absolute atomic E-state index is 0.847. The van der Waals surface area contributed by atoms with Crippen LogP contribution in [0.15, 0.2) is 24.4 Å². The molecule has 0 spiro atoms. The van der Waals surface area contributed by atoms with Crippen LogP contribution in [0.4, 0.5) is 4.79 Å². The molecular weight excluding hydrogens is 158 g/mol. The molecule has 2 aliphatic heterocycles. The summed E-state index contributed by atoms with van der Waals surface area (Å²) in [6.07, 6.45) is 3.88. The van der Waals surface area contributed by atoms with Crippen molar-refractivity contribution in [3.63, 3.8) is 0 Å². The van der Waals surface area contributed by atoms with Gasteiger partial charge in [-0.3, -0.25) is 4.90 Å². The normalized spacial score (nSPS) is 20.2. The Labute approximate surface area is 69.6 Å². The fourth-order valence-electron chi connectivity index (χ4n) is 1.25. The predicted molar refractivity (Wildman–Crippen MR) is 41.8 cm³/mol. The van der Waals surface area contributed by atoms with Crippen LogP contribution in [-0.4, -0.2) is 34.1 Å². The number of rotatable bonds is 0. The number of hydrogen-bond donors (Lipinski definition) is 2. The molecule has 2 heterocycles. The number of hydrogen-bond acceptors (Lipinski definition) is 3. The van der Waals surface area contributed by atoms with Gasteiger partial charge in [0.25, 0.3) is 0 Å². The lowest BCUT2D eigenvalue weighted by Gasteiger charge is -2.21. The van der Waals surface area contributed by atoms with E-state index in [0.29, 0.717) is 0 Å². The first-order valence-corrected chi connectivity index (χ1v) is 3.69. The van der Waals surface area contributed by atoms with E-state index in [1.165, 1.54) is 6.20 Å². The number of nitrogens with one attached hydrogen (secondary N) is 1. The van der Waals surface area contributed by atoms with Gasteiger partial charge in [-0.1, -0.05) is 0 Å². The maximum atomic E-state index is 10.5. The Morgan fingerprint density at radius 2 is 2.42 bits per heavy atom. The highest BCUT2D eigenvalue weighted by atomic mass is 16.4. The zero-order chi connectivity index (χ0) is 8.55. The van der Waals surface area contributed by atoms with E-state index in [1.807, 2.05) is 4.90 Å². The molecule has 12 heavy (non-hydrogen) atoms. The Kier molecular flexibility index (Phi) is 1.43. The van der Waals surface area contributed by atoms with Gasteiger partial charge in [0.15, 0.2) is 0 Å². The van der Waals surface area contributed by atoms with Crippen molar-refractivity contribution in [2.75, 3.05) is 13.1 Å². The van der Waals surface area contributed by atoms with E-state index < -0.39 is 6.09 Å². The Bertz CT molecular complexity index is 272. The molecule has 64 valence electrons. The van der Waals surface area contributed by atoms with Gasteiger partial charge in [0.1, 0.15) is 5.82 Å². The van der Waals surface area contributed by atoms with Gasteiger partial charge < -0.3 is 15.3 Å². The fraction of sp³-hybridized carbons (Fsp3) is 0.286. The van der Waals surface area contributed by atoms with Crippen molar-refractivity contribution in [3.8, 4) is 0 Å². The van der Waals surface area contributed by atoms with Crippen molar-refractivity contribution in [2.45, 2.75) is 0 Å². The molecule has 0 unspecified atom stereocenters. The first kappa shape index (κ1) is 7.02. The van der Waals surface area contributed by atoms with E-state index in [-0.39, 0.29) is 0 Å². The second-order valence-electron chi connectivity index (χ2n) is 2.62. The molecule has 2 rings (SSSR count). The topological polar surface area (TPSA) is 55.8 Å². The van der Waals surface area contributed by atoms with E-state index in [0.717, 1.165) is 23.8 Å². The summed E-state index contributed by atoms with van der Waals surface area (Å²) in [7, 11) is 0. The molecule has 5 nitrogen and oxygen atoms in total. The van der Waals surface area contributed by atoms with Crippen LogP contribution in [-0.2, 0) is 0 Å². The van der Waals surface area contributed by atoms with Crippen LogP contribution in [0.25, 0.3) is 0 Å². The molecule has 5 heteroatoms. The van der Waals surface area contributed by atoms with Gasteiger partial charge in [0.05, 0.1) is 6.20 Å². The average molecular weight is 167 g/mol. The average Bonchev–Trinajstić information content (AvgIpc) is 2.49. The van der Waals surface area contributed by atoms with Crippen LogP contribution in [0.5, 0.6) is 0 Å². The number of amides is 1. The van der Waals surface area contributed by atoms with Crippen LogP contribution in [0.1, 0.15) is 0 Å². The molecule has 0 radical (unpaired) electrons. The molecule has 1 amide bonds. The lowest BCUT2D eigenvalue weighted by molar-refractivity contribution is 0.173. The maximum absolute atomic E-state index is 10.5. The molecule has 0 aromatic heterocycles. The number of carboxylic acid groups (broad SMARTS) is 1. The van der Waals surface area contributed by atoms with E-state index in [9.17, 15) is 4.79 Å². The molecule has 0 aromatic carbocycles. The predicted octanol–water partition coefficient (Wildman–Crippen LogP) is 0.155.